The van der Waals surface area contributed by atoms with Gasteiger partial charge in [0.05, 0.1) is 19.9 Å². The van der Waals surface area contributed by atoms with Gasteiger partial charge in [-0.3, -0.25) is 0 Å². The second-order valence-corrected chi connectivity index (χ2v) is 4.44. The van der Waals surface area contributed by atoms with E-state index in [2.05, 4.69) is 16.3 Å². The Kier molecular flexibility index (Phi) is 5.09. The molecule has 4 nitrogen and oxygen atoms in total. The molecule has 0 atom stereocenters. The highest BCUT2D eigenvalue weighted by molar-refractivity contribution is 5.90. The molecule has 1 aromatic heterocycles. The summed E-state index contributed by atoms with van der Waals surface area (Å²) < 4.78 is 9.89. The molecule has 0 aliphatic rings. The van der Waals surface area contributed by atoms with Gasteiger partial charge in [0.15, 0.2) is 0 Å². The third-order valence-corrected chi connectivity index (χ3v) is 3.14. The minimum Gasteiger partial charge on any atom is -0.481 e. The summed E-state index contributed by atoms with van der Waals surface area (Å²) in [6, 6.07) is 11.6. The number of carbonyl (C=O) groups excluding carboxylic acids is 1. The Balaban J connectivity index is 2.65. The van der Waals surface area contributed by atoms with Crippen molar-refractivity contribution in [1.29, 1.82) is 0 Å². The molecule has 4 heteroatoms. The summed E-state index contributed by atoms with van der Waals surface area (Å²) in [6.07, 6.45) is 4.67. The fourth-order valence-corrected chi connectivity index (χ4v) is 2.06. The predicted octanol–water partition coefficient (Wildman–Crippen LogP) is 3.59. The summed E-state index contributed by atoms with van der Waals surface area (Å²) in [5.41, 5.74) is 3.32. The number of aromatic nitrogens is 1. The Labute approximate surface area is 129 Å². The van der Waals surface area contributed by atoms with E-state index in [1.165, 1.54) is 13.2 Å². The molecule has 0 unspecified atom stereocenters. The van der Waals surface area contributed by atoms with Gasteiger partial charge in [0, 0.05) is 17.7 Å². The molecular weight excluding hydrogens is 278 g/mol. The van der Waals surface area contributed by atoms with Crippen molar-refractivity contribution >= 4 is 18.1 Å². The van der Waals surface area contributed by atoms with Crippen LogP contribution in [0, 0.1) is 0 Å². The van der Waals surface area contributed by atoms with E-state index in [1.807, 2.05) is 36.4 Å². The SMILES string of the molecule is C=Cc1nc(OC)cc(-c2ccccc2)c1/C=C/C(=O)OC. The summed E-state index contributed by atoms with van der Waals surface area (Å²) in [5.74, 6) is 0.0637. The Morgan fingerprint density at radius 2 is 1.95 bits per heavy atom. The molecule has 1 aromatic carbocycles. The average Bonchev–Trinajstić information content (AvgIpc) is 2.59. The third kappa shape index (κ3) is 3.41. The zero-order chi connectivity index (χ0) is 15.9. The summed E-state index contributed by atoms with van der Waals surface area (Å²) in [7, 11) is 2.90. The van der Waals surface area contributed by atoms with E-state index in [0.29, 0.717) is 11.6 Å². The summed E-state index contributed by atoms with van der Waals surface area (Å²) in [5, 5.41) is 0. The first-order valence-corrected chi connectivity index (χ1v) is 6.72. The molecule has 0 saturated heterocycles. The monoisotopic (exact) mass is 295 g/mol. The van der Waals surface area contributed by atoms with E-state index in [9.17, 15) is 4.79 Å². The highest BCUT2D eigenvalue weighted by Gasteiger charge is 2.11. The molecule has 0 radical (unpaired) electrons. The van der Waals surface area contributed by atoms with Gasteiger partial charge in [-0.2, -0.15) is 0 Å². The van der Waals surface area contributed by atoms with Crippen LogP contribution in [0.15, 0.2) is 49.1 Å². The molecule has 0 amide bonds. The van der Waals surface area contributed by atoms with Gasteiger partial charge < -0.3 is 9.47 Å². The second-order valence-electron chi connectivity index (χ2n) is 4.44. The average molecular weight is 295 g/mol. The second kappa shape index (κ2) is 7.22. The van der Waals surface area contributed by atoms with E-state index >= 15 is 0 Å². The number of benzene rings is 1. The molecule has 0 bridgehead atoms. The normalized spacial score (nSPS) is 10.5. The number of hydrogen-bond donors (Lipinski definition) is 0. The van der Waals surface area contributed by atoms with Gasteiger partial charge in [0.25, 0.3) is 0 Å². The van der Waals surface area contributed by atoms with Crippen LogP contribution in [0.1, 0.15) is 11.3 Å². The molecule has 1 heterocycles. The quantitative estimate of drug-likeness (QED) is 0.625. The molecule has 0 aliphatic carbocycles. The standard InChI is InChI=1S/C18H17NO3/c1-4-16-14(10-11-18(20)22-3)15(12-17(19-16)21-2)13-8-6-5-7-9-13/h4-12H,1H2,2-3H3/b11-10+. The Bertz CT molecular complexity index is 706. The minimum atomic E-state index is -0.426. The van der Waals surface area contributed by atoms with E-state index < -0.39 is 5.97 Å². The number of rotatable bonds is 5. The highest BCUT2D eigenvalue weighted by Crippen LogP contribution is 2.30. The van der Waals surface area contributed by atoms with Crippen molar-refractivity contribution in [2.24, 2.45) is 0 Å². The molecule has 0 fully saturated rings. The molecule has 2 rings (SSSR count). The number of hydrogen-bond acceptors (Lipinski definition) is 4. The van der Waals surface area contributed by atoms with Crippen LogP contribution in [-0.4, -0.2) is 25.2 Å². The van der Waals surface area contributed by atoms with Crippen LogP contribution in [0.3, 0.4) is 0 Å². The smallest absolute Gasteiger partial charge is 0.330 e. The van der Waals surface area contributed by atoms with E-state index in [1.54, 1.807) is 19.3 Å². The molecular formula is C18H17NO3. The molecule has 2 aromatic rings. The van der Waals surface area contributed by atoms with Crippen LogP contribution in [-0.2, 0) is 9.53 Å². The van der Waals surface area contributed by atoms with E-state index in [4.69, 9.17) is 4.74 Å². The summed E-state index contributed by atoms with van der Waals surface area (Å²) in [4.78, 5) is 15.7. The Hall–Kier alpha value is -2.88. The molecule has 0 spiro atoms. The predicted molar refractivity (Wildman–Crippen MR) is 87.4 cm³/mol. The lowest BCUT2D eigenvalue weighted by Crippen LogP contribution is -1.98. The lowest BCUT2D eigenvalue weighted by molar-refractivity contribution is -0.134. The van der Waals surface area contributed by atoms with Gasteiger partial charge in [0.2, 0.25) is 5.88 Å². The van der Waals surface area contributed by atoms with Crippen LogP contribution in [0.2, 0.25) is 0 Å². The fourth-order valence-electron chi connectivity index (χ4n) is 2.06. The minimum absolute atomic E-state index is 0.426. The fraction of sp³-hybridized carbons (Fsp3) is 0.111. The van der Waals surface area contributed by atoms with Crippen LogP contribution >= 0.6 is 0 Å². The maximum absolute atomic E-state index is 11.4. The zero-order valence-electron chi connectivity index (χ0n) is 12.6. The molecule has 0 saturated carbocycles. The van der Waals surface area contributed by atoms with Crippen LogP contribution in [0.4, 0.5) is 0 Å². The maximum atomic E-state index is 11.4. The van der Waals surface area contributed by atoms with Crippen molar-refractivity contribution < 1.29 is 14.3 Å². The zero-order valence-corrected chi connectivity index (χ0v) is 12.6. The molecule has 112 valence electrons. The van der Waals surface area contributed by atoms with Gasteiger partial charge in [-0.15, -0.1) is 0 Å². The third-order valence-electron chi connectivity index (χ3n) is 3.14. The number of pyridine rings is 1. The topological polar surface area (TPSA) is 48.4 Å². The highest BCUT2D eigenvalue weighted by atomic mass is 16.5. The lowest BCUT2D eigenvalue weighted by atomic mass is 9.98. The first-order chi connectivity index (χ1) is 10.7. The van der Waals surface area contributed by atoms with Gasteiger partial charge in [-0.1, -0.05) is 36.9 Å². The van der Waals surface area contributed by atoms with Gasteiger partial charge >= 0.3 is 5.97 Å². The van der Waals surface area contributed by atoms with Crippen molar-refractivity contribution in [3.63, 3.8) is 0 Å². The molecule has 22 heavy (non-hydrogen) atoms. The van der Waals surface area contributed by atoms with Gasteiger partial charge in [-0.05, 0) is 23.3 Å². The summed E-state index contributed by atoms with van der Waals surface area (Å²) >= 11 is 0. The number of methoxy groups -OCH3 is 2. The van der Waals surface area contributed by atoms with Crippen LogP contribution in [0.25, 0.3) is 23.3 Å². The van der Waals surface area contributed by atoms with Gasteiger partial charge in [0.1, 0.15) is 0 Å². The van der Waals surface area contributed by atoms with Crippen molar-refractivity contribution in [2.75, 3.05) is 14.2 Å². The Morgan fingerprint density at radius 3 is 2.55 bits per heavy atom. The molecule has 0 N–H and O–H groups in total. The largest absolute Gasteiger partial charge is 0.481 e. The number of esters is 1. The van der Waals surface area contributed by atoms with Crippen molar-refractivity contribution in [3.8, 4) is 17.0 Å². The molecule has 0 aliphatic heterocycles. The Morgan fingerprint density at radius 1 is 1.23 bits per heavy atom. The van der Waals surface area contributed by atoms with Gasteiger partial charge in [-0.25, -0.2) is 9.78 Å². The van der Waals surface area contributed by atoms with Crippen molar-refractivity contribution in [2.45, 2.75) is 0 Å². The number of nitrogens with zero attached hydrogens (tertiary/aromatic N) is 1. The number of ether oxygens (including phenoxy) is 2. The van der Waals surface area contributed by atoms with Crippen LogP contribution < -0.4 is 4.74 Å². The first-order valence-electron chi connectivity index (χ1n) is 6.72. The van der Waals surface area contributed by atoms with Crippen molar-refractivity contribution in [1.82, 2.24) is 4.98 Å². The summed E-state index contributed by atoms with van der Waals surface area (Å²) in [6.45, 7) is 3.78. The lowest BCUT2D eigenvalue weighted by Gasteiger charge is -2.12. The van der Waals surface area contributed by atoms with E-state index in [-0.39, 0.29) is 0 Å². The number of carbonyl (C=O) groups is 1. The maximum Gasteiger partial charge on any atom is 0.330 e. The van der Waals surface area contributed by atoms with E-state index in [0.717, 1.165) is 16.7 Å². The first kappa shape index (κ1) is 15.5. The van der Waals surface area contributed by atoms with Crippen LogP contribution in [0.5, 0.6) is 5.88 Å². The van der Waals surface area contributed by atoms with Crippen molar-refractivity contribution in [3.05, 3.63) is 60.3 Å².